The number of thiophene rings is 1. The third kappa shape index (κ3) is 3.14. The quantitative estimate of drug-likeness (QED) is 0.788. The first-order valence-corrected chi connectivity index (χ1v) is 8.42. The first-order valence-electron chi connectivity index (χ1n) is 7.54. The van der Waals surface area contributed by atoms with E-state index in [9.17, 15) is 9.59 Å². The lowest BCUT2D eigenvalue weighted by Crippen LogP contribution is -2.36. The maximum absolute atomic E-state index is 12.7. The van der Waals surface area contributed by atoms with Crippen molar-refractivity contribution in [3.63, 3.8) is 0 Å². The number of methoxy groups -OCH3 is 1. The number of ether oxygens (including phenoxy) is 1. The Balaban J connectivity index is 1.73. The van der Waals surface area contributed by atoms with Gasteiger partial charge in [-0.25, -0.2) is 0 Å². The van der Waals surface area contributed by atoms with E-state index in [1.807, 2.05) is 10.3 Å². The van der Waals surface area contributed by atoms with Crippen LogP contribution in [0.25, 0.3) is 0 Å². The molecule has 23 heavy (non-hydrogen) atoms. The fourth-order valence-corrected chi connectivity index (χ4v) is 3.77. The molecule has 1 amide bonds. The minimum Gasteiger partial charge on any atom is -0.495 e. The van der Waals surface area contributed by atoms with Crippen molar-refractivity contribution in [1.82, 2.24) is 14.7 Å². The smallest absolute Gasteiger partial charge is 0.268 e. The molecule has 2 aromatic heterocycles. The zero-order valence-corrected chi connectivity index (χ0v) is 14.0. The van der Waals surface area contributed by atoms with Crippen LogP contribution in [0.2, 0.25) is 0 Å². The van der Waals surface area contributed by atoms with Crippen LogP contribution in [0.5, 0.6) is 5.75 Å². The minimum absolute atomic E-state index is 0.0287. The van der Waals surface area contributed by atoms with Crippen LogP contribution in [0.1, 0.15) is 39.3 Å². The number of ketones is 1. The molecular formula is C16H19N3O3S. The lowest BCUT2D eigenvalue weighted by atomic mass is 10.0. The van der Waals surface area contributed by atoms with Gasteiger partial charge >= 0.3 is 0 Å². The average Bonchev–Trinajstić information content (AvgIpc) is 3.26. The Morgan fingerprint density at radius 3 is 3.00 bits per heavy atom. The summed E-state index contributed by atoms with van der Waals surface area (Å²) in [4.78, 5) is 27.5. The molecule has 122 valence electrons. The van der Waals surface area contributed by atoms with Gasteiger partial charge in [-0.3, -0.25) is 14.3 Å². The standard InChI is InChI=1S/C16H19N3O3S/c1-18-10-11(9-17-18)13(20)8-12-4-3-6-19(12)16(21)15-14(22-2)5-7-23-15/h5,7,9-10,12H,3-4,6,8H2,1-2H3. The van der Waals surface area contributed by atoms with E-state index < -0.39 is 0 Å². The van der Waals surface area contributed by atoms with Gasteiger partial charge in [0.05, 0.1) is 18.9 Å². The molecule has 3 rings (SSSR count). The summed E-state index contributed by atoms with van der Waals surface area (Å²) in [5, 5.41) is 5.88. The van der Waals surface area contributed by atoms with Gasteiger partial charge in [0, 0.05) is 32.3 Å². The molecule has 1 saturated heterocycles. The van der Waals surface area contributed by atoms with Gasteiger partial charge in [-0.15, -0.1) is 11.3 Å². The largest absolute Gasteiger partial charge is 0.495 e. The summed E-state index contributed by atoms with van der Waals surface area (Å²) in [5.41, 5.74) is 0.598. The summed E-state index contributed by atoms with van der Waals surface area (Å²) in [6.07, 6.45) is 5.40. The summed E-state index contributed by atoms with van der Waals surface area (Å²) in [6, 6.07) is 1.74. The number of hydrogen-bond donors (Lipinski definition) is 0. The number of aromatic nitrogens is 2. The summed E-state index contributed by atoms with van der Waals surface area (Å²) >= 11 is 1.38. The molecule has 0 N–H and O–H groups in total. The molecule has 0 aromatic carbocycles. The predicted octanol–water partition coefficient (Wildman–Crippen LogP) is 2.37. The van der Waals surface area contributed by atoms with Crippen LogP contribution in [0.4, 0.5) is 0 Å². The average molecular weight is 333 g/mol. The van der Waals surface area contributed by atoms with Gasteiger partial charge in [-0.2, -0.15) is 5.10 Å². The van der Waals surface area contributed by atoms with Crippen molar-refractivity contribution in [2.45, 2.75) is 25.3 Å². The van der Waals surface area contributed by atoms with Crippen molar-refractivity contribution in [2.75, 3.05) is 13.7 Å². The minimum atomic E-state index is -0.0537. The molecule has 2 aromatic rings. The molecule has 6 nitrogen and oxygen atoms in total. The van der Waals surface area contributed by atoms with Crippen LogP contribution in [-0.2, 0) is 7.05 Å². The Labute approximate surface area is 138 Å². The second-order valence-corrected chi connectivity index (χ2v) is 6.56. The van der Waals surface area contributed by atoms with Crippen LogP contribution in [0, 0.1) is 0 Å². The van der Waals surface area contributed by atoms with E-state index in [1.54, 1.807) is 37.3 Å². The Morgan fingerprint density at radius 2 is 2.30 bits per heavy atom. The molecule has 1 unspecified atom stereocenters. The number of carbonyl (C=O) groups is 2. The number of hydrogen-bond acceptors (Lipinski definition) is 5. The highest BCUT2D eigenvalue weighted by molar-refractivity contribution is 7.12. The molecule has 0 radical (unpaired) electrons. The third-order valence-electron chi connectivity index (χ3n) is 4.13. The van der Waals surface area contributed by atoms with Crippen molar-refractivity contribution in [3.8, 4) is 5.75 Å². The van der Waals surface area contributed by atoms with Gasteiger partial charge in [0.1, 0.15) is 10.6 Å². The second-order valence-electron chi connectivity index (χ2n) is 5.64. The van der Waals surface area contributed by atoms with Gasteiger partial charge in [0.25, 0.3) is 5.91 Å². The van der Waals surface area contributed by atoms with E-state index >= 15 is 0 Å². The van der Waals surface area contributed by atoms with Gasteiger partial charge in [0.15, 0.2) is 5.78 Å². The summed E-state index contributed by atoms with van der Waals surface area (Å²) in [7, 11) is 3.34. The Kier molecular flexibility index (Phi) is 4.47. The molecule has 0 aliphatic carbocycles. The van der Waals surface area contributed by atoms with Gasteiger partial charge in [-0.1, -0.05) is 0 Å². The molecule has 0 bridgehead atoms. The number of Topliss-reactive ketones (excluding diaryl/α,β-unsaturated/α-hetero) is 1. The maximum atomic E-state index is 12.7. The van der Waals surface area contributed by atoms with Crippen molar-refractivity contribution in [2.24, 2.45) is 7.05 Å². The fourth-order valence-electron chi connectivity index (χ4n) is 2.96. The lowest BCUT2D eigenvalue weighted by molar-refractivity contribution is 0.0719. The van der Waals surface area contributed by atoms with Gasteiger partial charge in [0.2, 0.25) is 0 Å². The third-order valence-corrected chi connectivity index (χ3v) is 5.01. The monoisotopic (exact) mass is 333 g/mol. The van der Waals surface area contributed by atoms with Gasteiger partial charge < -0.3 is 9.64 Å². The van der Waals surface area contributed by atoms with Crippen molar-refractivity contribution in [3.05, 3.63) is 34.3 Å². The van der Waals surface area contributed by atoms with Crippen molar-refractivity contribution >= 4 is 23.0 Å². The molecule has 1 aliphatic heterocycles. The maximum Gasteiger partial charge on any atom is 0.268 e. The van der Waals surface area contributed by atoms with E-state index in [2.05, 4.69) is 5.10 Å². The predicted molar refractivity (Wildman–Crippen MR) is 87.1 cm³/mol. The van der Waals surface area contributed by atoms with Crippen LogP contribution in [0.3, 0.4) is 0 Å². The van der Waals surface area contributed by atoms with E-state index in [-0.39, 0.29) is 17.7 Å². The Hall–Kier alpha value is -2.15. The summed E-state index contributed by atoms with van der Waals surface area (Å²) < 4.78 is 6.85. The van der Waals surface area contributed by atoms with E-state index in [1.165, 1.54) is 11.3 Å². The molecule has 1 fully saturated rings. The molecule has 1 aliphatic rings. The number of rotatable bonds is 5. The van der Waals surface area contributed by atoms with Crippen LogP contribution in [-0.4, -0.2) is 46.1 Å². The fraction of sp³-hybridized carbons (Fsp3) is 0.438. The highest BCUT2D eigenvalue weighted by Crippen LogP contribution is 2.30. The van der Waals surface area contributed by atoms with Crippen molar-refractivity contribution < 1.29 is 14.3 Å². The first kappa shape index (κ1) is 15.7. The Bertz CT molecular complexity index is 722. The molecule has 3 heterocycles. The highest BCUT2D eigenvalue weighted by Gasteiger charge is 2.33. The number of aryl methyl sites for hydroxylation is 1. The topological polar surface area (TPSA) is 64.4 Å². The summed E-state index contributed by atoms with van der Waals surface area (Å²) in [5.74, 6) is 0.587. The van der Waals surface area contributed by atoms with Crippen LogP contribution < -0.4 is 4.74 Å². The second kappa shape index (κ2) is 6.54. The number of carbonyl (C=O) groups excluding carboxylic acids is 2. The number of amides is 1. The zero-order chi connectivity index (χ0) is 16.4. The SMILES string of the molecule is COc1ccsc1C(=O)N1CCCC1CC(=O)c1cnn(C)c1. The lowest BCUT2D eigenvalue weighted by Gasteiger charge is -2.24. The van der Waals surface area contributed by atoms with E-state index in [4.69, 9.17) is 4.74 Å². The van der Waals surface area contributed by atoms with E-state index in [0.29, 0.717) is 29.2 Å². The Morgan fingerprint density at radius 1 is 1.48 bits per heavy atom. The van der Waals surface area contributed by atoms with E-state index in [0.717, 1.165) is 12.8 Å². The van der Waals surface area contributed by atoms with Gasteiger partial charge in [-0.05, 0) is 24.3 Å². The normalized spacial score (nSPS) is 17.5. The molecular weight excluding hydrogens is 314 g/mol. The van der Waals surface area contributed by atoms with Crippen molar-refractivity contribution in [1.29, 1.82) is 0 Å². The number of nitrogens with zero attached hydrogens (tertiary/aromatic N) is 3. The molecule has 0 spiro atoms. The molecule has 0 saturated carbocycles. The zero-order valence-electron chi connectivity index (χ0n) is 13.2. The number of likely N-dealkylation sites (tertiary alicyclic amines) is 1. The first-order chi connectivity index (χ1) is 11.1. The highest BCUT2D eigenvalue weighted by atomic mass is 32.1. The molecule has 7 heteroatoms. The molecule has 1 atom stereocenters. The van der Waals surface area contributed by atoms with Crippen LogP contribution in [0.15, 0.2) is 23.8 Å². The summed E-state index contributed by atoms with van der Waals surface area (Å²) in [6.45, 7) is 0.685. The van der Waals surface area contributed by atoms with Crippen LogP contribution >= 0.6 is 11.3 Å².